The lowest BCUT2D eigenvalue weighted by Crippen LogP contribution is -2.30. The number of nitrogens with zero attached hydrogens (tertiary/aromatic N) is 1. The Morgan fingerprint density at radius 1 is 1.07 bits per heavy atom. The van der Waals surface area contributed by atoms with Crippen LogP contribution in [0.15, 0.2) is 53.9 Å². The van der Waals surface area contributed by atoms with Gasteiger partial charge in [0.15, 0.2) is 0 Å². The number of hydrogen-bond donors (Lipinski definition) is 1. The molecule has 0 atom stereocenters. The number of carbonyl (C=O) groups excluding carboxylic acids is 2. The van der Waals surface area contributed by atoms with E-state index >= 15 is 0 Å². The fourth-order valence-corrected chi connectivity index (χ4v) is 3.35. The summed E-state index contributed by atoms with van der Waals surface area (Å²) in [6.07, 6.45) is 0. The molecule has 0 radical (unpaired) electrons. The summed E-state index contributed by atoms with van der Waals surface area (Å²) in [4.78, 5) is 28.6. The Bertz CT molecular complexity index is 1000. The van der Waals surface area contributed by atoms with Crippen LogP contribution in [-0.2, 0) is 16.1 Å². The molecule has 1 aromatic heterocycles. The van der Waals surface area contributed by atoms with Crippen molar-refractivity contribution < 1.29 is 23.8 Å². The first-order valence-corrected chi connectivity index (χ1v) is 9.64. The lowest BCUT2D eigenvalue weighted by molar-refractivity contribution is -0.143. The van der Waals surface area contributed by atoms with Gasteiger partial charge in [0.1, 0.15) is 29.7 Å². The molecule has 0 aliphatic rings. The van der Waals surface area contributed by atoms with E-state index in [9.17, 15) is 9.59 Å². The fourth-order valence-electron chi connectivity index (χ4n) is 2.55. The first kappa shape index (κ1) is 20.3. The Morgan fingerprint density at radius 3 is 2.69 bits per heavy atom. The number of thiazole rings is 1. The van der Waals surface area contributed by atoms with Crippen molar-refractivity contribution >= 4 is 23.2 Å². The molecule has 29 heavy (non-hydrogen) atoms. The summed E-state index contributed by atoms with van der Waals surface area (Å²) in [5, 5.41) is 5.16. The molecule has 8 heteroatoms. The Balaban J connectivity index is 1.51. The minimum absolute atomic E-state index is 0.0316. The van der Waals surface area contributed by atoms with E-state index in [4.69, 9.17) is 14.2 Å². The molecule has 3 aromatic rings. The summed E-state index contributed by atoms with van der Waals surface area (Å²) in [5.41, 5.74) is 1.92. The van der Waals surface area contributed by atoms with Crippen LogP contribution in [0.1, 0.15) is 16.1 Å². The zero-order chi connectivity index (χ0) is 20.6. The van der Waals surface area contributed by atoms with Gasteiger partial charge in [-0.2, -0.15) is 0 Å². The maximum atomic E-state index is 12.2. The number of hydrogen-bond acceptors (Lipinski definition) is 7. The highest BCUT2D eigenvalue weighted by atomic mass is 32.1. The summed E-state index contributed by atoms with van der Waals surface area (Å²) in [5.74, 6) is 0.222. The van der Waals surface area contributed by atoms with Crippen molar-refractivity contribution in [1.29, 1.82) is 0 Å². The molecule has 2 aromatic carbocycles. The highest BCUT2D eigenvalue weighted by molar-refractivity contribution is 7.13. The van der Waals surface area contributed by atoms with Crippen LogP contribution in [0.25, 0.3) is 10.6 Å². The molecule has 0 saturated heterocycles. The van der Waals surface area contributed by atoms with Crippen LogP contribution in [0.3, 0.4) is 0 Å². The molecule has 3 rings (SSSR count). The number of esters is 1. The summed E-state index contributed by atoms with van der Waals surface area (Å²) in [7, 11) is 3.09. The number of amides is 1. The molecule has 0 aliphatic heterocycles. The fraction of sp³-hybridized carbons (Fsp3) is 0.190. The average Bonchev–Trinajstić information content (AvgIpc) is 3.25. The number of nitrogens with one attached hydrogen (secondary N) is 1. The van der Waals surface area contributed by atoms with Crippen LogP contribution >= 0.6 is 11.3 Å². The predicted octanol–water partition coefficient (Wildman–Crippen LogP) is 3.30. The second-order valence-corrected chi connectivity index (χ2v) is 6.78. The summed E-state index contributed by atoms with van der Waals surface area (Å²) in [6, 6.07) is 14.4. The van der Waals surface area contributed by atoms with Gasteiger partial charge in [-0.1, -0.05) is 24.3 Å². The third kappa shape index (κ3) is 5.32. The molecule has 150 valence electrons. The van der Waals surface area contributed by atoms with Gasteiger partial charge >= 0.3 is 5.97 Å². The van der Waals surface area contributed by atoms with Gasteiger partial charge < -0.3 is 19.5 Å². The van der Waals surface area contributed by atoms with Crippen molar-refractivity contribution in [1.82, 2.24) is 10.3 Å². The van der Waals surface area contributed by atoms with Crippen molar-refractivity contribution in [2.75, 3.05) is 20.8 Å². The van der Waals surface area contributed by atoms with E-state index in [-0.39, 0.29) is 13.2 Å². The van der Waals surface area contributed by atoms with Crippen molar-refractivity contribution in [2.24, 2.45) is 0 Å². The van der Waals surface area contributed by atoms with Crippen LogP contribution < -0.4 is 14.8 Å². The number of methoxy groups -OCH3 is 2. The van der Waals surface area contributed by atoms with E-state index in [0.717, 1.165) is 16.3 Å². The van der Waals surface area contributed by atoms with Gasteiger partial charge in [0, 0.05) is 10.9 Å². The molecule has 1 amide bonds. The molecule has 1 N–H and O–H groups in total. The zero-order valence-corrected chi connectivity index (χ0v) is 16.8. The maximum Gasteiger partial charge on any atom is 0.325 e. The van der Waals surface area contributed by atoms with Crippen molar-refractivity contribution in [2.45, 2.75) is 6.61 Å². The highest BCUT2D eigenvalue weighted by Crippen LogP contribution is 2.27. The smallest absolute Gasteiger partial charge is 0.325 e. The number of carbonyl (C=O) groups is 2. The number of benzene rings is 2. The molecule has 7 nitrogen and oxygen atoms in total. The van der Waals surface area contributed by atoms with E-state index in [1.165, 1.54) is 18.4 Å². The topological polar surface area (TPSA) is 86.8 Å². The molecule has 0 fully saturated rings. The van der Waals surface area contributed by atoms with Crippen molar-refractivity contribution in [3.05, 3.63) is 65.2 Å². The van der Waals surface area contributed by atoms with Crippen LogP contribution in [0.2, 0.25) is 0 Å². The van der Waals surface area contributed by atoms with Crippen molar-refractivity contribution in [3.8, 4) is 22.1 Å². The van der Waals surface area contributed by atoms with Crippen LogP contribution in [0, 0.1) is 0 Å². The number of ether oxygens (including phenoxy) is 3. The third-order valence-corrected chi connectivity index (χ3v) is 4.93. The normalized spacial score (nSPS) is 10.3. The Hall–Kier alpha value is -3.39. The van der Waals surface area contributed by atoms with E-state index in [1.54, 1.807) is 31.4 Å². The third-order valence-electron chi connectivity index (χ3n) is 3.99. The summed E-state index contributed by atoms with van der Waals surface area (Å²) >= 11 is 1.45. The molecule has 0 spiro atoms. The molecule has 1 heterocycles. The summed E-state index contributed by atoms with van der Waals surface area (Å²) in [6.45, 7) is -0.215. The van der Waals surface area contributed by atoms with Gasteiger partial charge in [0.25, 0.3) is 5.91 Å². The monoisotopic (exact) mass is 412 g/mol. The van der Waals surface area contributed by atoms with Gasteiger partial charge in [0.05, 0.1) is 25.5 Å². The first-order chi connectivity index (χ1) is 14.1. The van der Waals surface area contributed by atoms with Crippen LogP contribution in [-0.4, -0.2) is 37.6 Å². The molecule has 0 unspecified atom stereocenters. The predicted molar refractivity (Wildman–Crippen MR) is 109 cm³/mol. The Kier molecular flexibility index (Phi) is 6.80. The zero-order valence-electron chi connectivity index (χ0n) is 16.0. The van der Waals surface area contributed by atoms with Crippen molar-refractivity contribution in [3.63, 3.8) is 0 Å². The molecule has 0 aliphatic carbocycles. The second kappa shape index (κ2) is 9.70. The second-order valence-electron chi connectivity index (χ2n) is 5.92. The number of aromatic nitrogens is 1. The van der Waals surface area contributed by atoms with E-state index in [0.29, 0.717) is 17.0 Å². The Labute approximate surface area is 172 Å². The number of para-hydroxylation sites is 1. The van der Waals surface area contributed by atoms with Gasteiger partial charge in [-0.3, -0.25) is 9.59 Å². The van der Waals surface area contributed by atoms with Crippen LogP contribution in [0.4, 0.5) is 0 Å². The van der Waals surface area contributed by atoms with E-state index in [2.05, 4.69) is 10.3 Å². The maximum absolute atomic E-state index is 12.2. The average molecular weight is 412 g/mol. The quantitative estimate of drug-likeness (QED) is 0.572. The SMILES string of the molecule is COc1cccc(-c2nc(COC(=O)CNC(=O)c3ccccc3OC)cs2)c1. The molecular formula is C21H20N2O5S. The first-order valence-electron chi connectivity index (χ1n) is 8.76. The lowest BCUT2D eigenvalue weighted by atomic mass is 10.2. The standard InChI is InChI=1S/C21H20N2O5S/c1-26-16-7-5-6-14(10-16)21-23-15(13-29-21)12-28-19(24)11-22-20(25)17-8-3-4-9-18(17)27-2/h3-10,13H,11-12H2,1-2H3,(H,22,25). The molecule has 0 saturated carbocycles. The minimum Gasteiger partial charge on any atom is -0.497 e. The largest absolute Gasteiger partial charge is 0.497 e. The molecule has 0 bridgehead atoms. The van der Waals surface area contributed by atoms with Gasteiger partial charge in [-0.15, -0.1) is 11.3 Å². The highest BCUT2D eigenvalue weighted by Gasteiger charge is 2.14. The van der Waals surface area contributed by atoms with Gasteiger partial charge in [-0.25, -0.2) is 4.98 Å². The Morgan fingerprint density at radius 2 is 1.90 bits per heavy atom. The lowest BCUT2D eigenvalue weighted by Gasteiger charge is -2.08. The van der Waals surface area contributed by atoms with Gasteiger partial charge in [-0.05, 0) is 24.3 Å². The van der Waals surface area contributed by atoms with Gasteiger partial charge in [0.2, 0.25) is 0 Å². The number of rotatable bonds is 8. The van der Waals surface area contributed by atoms with Crippen LogP contribution in [0.5, 0.6) is 11.5 Å². The minimum atomic E-state index is -0.552. The van der Waals surface area contributed by atoms with E-state index < -0.39 is 11.9 Å². The molecular weight excluding hydrogens is 392 g/mol. The summed E-state index contributed by atoms with van der Waals surface area (Å²) < 4.78 is 15.6. The van der Waals surface area contributed by atoms with E-state index in [1.807, 2.05) is 29.6 Å².